The van der Waals surface area contributed by atoms with Crippen LogP contribution in [-0.2, 0) is 0 Å². The van der Waals surface area contributed by atoms with Crippen LogP contribution in [0.3, 0.4) is 0 Å². The van der Waals surface area contributed by atoms with Crippen LogP contribution in [0.4, 0.5) is 11.4 Å². The summed E-state index contributed by atoms with van der Waals surface area (Å²) in [4.78, 5) is 14.1. The van der Waals surface area contributed by atoms with Crippen LogP contribution in [0.1, 0.15) is 24.2 Å². The first-order valence-corrected chi connectivity index (χ1v) is 6.00. The predicted octanol–water partition coefficient (Wildman–Crippen LogP) is 2.14. The van der Waals surface area contributed by atoms with Gasteiger partial charge < -0.3 is 16.4 Å². The van der Waals surface area contributed by atoms with Gasteiger partial charge in [-0.15, -0.1) is 6.58 Å². The smallest absolute Gasteiger partial charge is 0.254 e. The van der Waals surface area contributed by atoms with E-state index in [1.807, 2.05) is 0 Å². The first kappa shape index (κ1) is 14.1. The van der Waals surface area contributed by atoms with Gasteiger partial charge in [-0.25, -0.2) is 0 Å². The lowest BCUT2D eigenvalue weighted by Crippen LogP contribution is -2.34. The van der Waals surface area contributed by atoms with Crippen LogP contribution in [0.5, 0.6) is 0 Å². The van der Waals surface area contributed by atoms with Crippen LogP contribution in [-0.4, -0.2) is 23.9 Å². The standard InChI is InChI=1S/C14H21N3O/c1-4-5-17(9-10(2)3)14(18)11-6-12(15)8-13(16)7-11/h4,6-8,10H,1,5,9,15-16H2,2-3H3. The first-order valence-electron chi connectivity index (χ1n) is 6.00. The highest BCUT2D eigenvalue weighted by molar-refractivity contribution is 5.96. The van der Waals surface area contributed by atoms with Crippen LogP contribution >= 0.6 is 0 Å². The Balaban J connectivity index is 2.97. The van der Waals surface area contributed by atoms with Crippen LogP contribution in [0.25, 0.3) is 0 Å². The molecule has 0 saturated carbocycles. The molecule has 0 spiro atoms. The molecule has 18 heavy (non-hydrogen) atoms. The Kier molecular flexibility index (Phi) is 4.77. The second-order valence-electron chi connectivity index (χ2n) is 4.78. The topological polar surface area (TPSA) is 72.3 Å². The van der Waals surface area contributed by atoms with Gasteiger partial charge in [-0.2, -0.15) is 0 Å². The lowest BCUT2D eigenvalue weighted by atomic mass is 10.1. The molecule has 4 heteroatoms. The maximum absolute atomic E-state index is 12.3. The highest BCUT2D eigenvalue weighted by atomic mass is 16.2. The van der Waals surface area contributed by atoms with Crippen molar-refractivity contribution in [3.63, 3.8) is 0 Å². The highest BCUT2D eigenvalue weighted by Crippen LogP contribution is 2.16. The van der Waals surface area contributed by atoms with Crippen molar-refractivity contribution in [2.75, 3.05) is 24.6 Å². The number of nitrogens with zero attached hydrogens (tertiary/aromatic N) is 1. The van der Waals surface area contributed by atoms with E-state index in [0.29, 0.717) is 35.9 Å². The molecule has 0 bridgehead atoms. The Bertz CT molecular complexity index is 420. The van der Waals surface area contributed by atoms with Gasteiger partial charge in [0, 0.05) is 30.0 Å². The van der Waals surface area contributed by atoms with Crippen molar-refractivity contribution < 1.29 is 4.79 Å². The number of carbonyl (C=O) groups is 1. The van der Waals surface area contributed by atoms with Crippen molar-refractivity contribution in [1.29, 1.82) is 0 Å². The number of hydrogen-bond acceptors (Lipinski definition) is 3. The quantitative estimate of drug-likeness (QED) is 0.618. The van der Waals surface area contributed by atoms with Gasteiger partial charge in [0.05, 0.1) is 0 Å². The summed E-state index contributed by atoms with van der Waals surface area (Å²) >= 11 is 0. The lowest BCUT2D eigenvalue weighted by Gasteiger charge is -2.23. The third-order valence-corrected chi connectivity index (χ3v) is 2.45. The molecule has 1 rings (SSSR count). The van der Waals surface area contributed by atoms with Gasteiger partial charge in [0.25, 0.3) is 5.91 Å². The summed E-state index contributed by atoms with van der Waals surface area (Å²) < 4.78 is 0. The lowest BCUT2D eigenvalue weighted by molar-refractivity contribution is 0.0756. The molecule has 4 nitrogen and oxygen atoms in total. The molecular formula is C14H21N3O. The summed E-state index contributed by atoms with van der Waals surface area (Å²) in [5, 5.41) is 0. The predicted molar refractivity (Wildman–Crippen MR) is 76.2 cm³/mol. The number of nitrogens with two attached hydrogens (primary N) is 2. The minimum Gasteiger partial charge on any atom is -0.399 e. The van der Waals surface area contributed by atoms with Gasteiger partial charge in [-0.1, -0.05) is 19.9 Å². The van der Waals surface area contributed by atoms with E-state index < -0.39 is 0 Å². The molecule has 0 atom stereocenters. The molecule has 1 amide bonds. The number of nitrogen functional groups attached to an aromatic ring is 2. The van der Waals surface area contributed by atoms with Gasteiger partial charge in [0.1, 0.15) is 0 Å². The number of amides is 1. The Hall–Kier alpha value is -1.97. The third kappa shape index (κ3) is 3.80. The third-order valence-electron chi connectivity index (χ3n) is 2.45. The summed E-state index contributed by atoms with van der Waals surface area (Å²) in [6.45, 7) is 9.01. The molecule has 0 radical (unpaired) electrons. The summed E-state index contributed by atoms with van der Waals surface area (Å²) in [5.41, 5.74) is 12.9. The van der Waals surface area contributed by atoms with Crippen molar-refractivity contribution >= 4 is 17.3 Å². The number of benzene rings is 1. The molecule has 0 aliphatic heterocycles. The van der Waals surface area contributed by atoms with Crippen LogP contribution in [0, 0.1) is 5.92 Å². The zero-order chi connectivity index (χ0) is 13.7. The average molecular weight is 247 g/mol. The zero-order valence-electron chi connectivity index (χ0n) is 11.0. The fraction of sp³-hybridized carbons (Fsp3) is 0.357. The van der Waals surface area contributed by atoms with E-state index in [9.17, 15) is 4.79 Å². The highest BCUT2D eigenvalue weighted by Gasteiger charge is 2.16. The first-order chi connectivity index (χ1) is 8.43. The normalized spacial score (nSPS) is 10.4. The van der Waals surface area contributed by atoms with E-state index in [0.717, 1.165) is 0 Å². The SMILES string of the molecule is C=CCN(CC(C)C)C(=O)c1cc(N)cc(N)c1. The Morgan fingerprint density at radius 1 is 1.33 bits per heavy atom. The van der Waals surface area contributed by atoms with Crippen LogP contribution in [0.15, 0.2) is 30.9 Å². The molecular weight excluding hydrogens is 226 g/mol. The second kappa shape index (κ2) is 6.10. The molecule has 0 heterocycles. The molecule has 0 fully saturated rings. The monoisotopic (exact) mass is 247 g/mol. The molecule has 0 saturated heterocycles. The maximum Gasteiger partial charge on any atom is 0.254 e. The fourth-order valence-corrected chi connectivity index (χ4v) is 1.82. The van der Waals surface area contributed by atoms with Crippen molar-refractivity contribution in [3.05, 3.63) is 36.4 Å². The average Bonchev–Trinajstić information content (AvgIpc) is 2.25. The van der Waals surface area contributed by atoms with Gasteiger partial charge in [0.2, 0.25) is 0 Å². The molecule has 98 valence electrons. The minimum atomic E-state index is -0.0670. The molecule has 0 aliphatic carbocycles. The minimum absolute atomic E-state index is 0.0670. The van der Waals surface area contributed by atoms with Gasteiger partial charge in [-0.05, 0) is 24.1 Å². The van der Waals surface area contributed by atoms with E-state index >= 15 is 0 Å². The van der Waals surface area contributed by atoms with Gasteiger partial charge >= 0.3 is 0 Å². The number of hydrogen-bond donors (Lipinski definition) is 2. The Morgan fingerprint density at radius 3 is 2.33 bits per heavy atom. The Labute approximate surface area is 108 Å². The summed E-state index contributed by atoms with van der Waals surface area (Å²) in [7, 11) is 0. The molecule has 1 aromatic carbocycles. The van der Waals surface area contributed by atoms with E-state index in [1.54, 1.807) is 29.2 Å². The largest absolute Gasteiger partial charge is 0.399 e. The molecule has 4 N–H and O–H groups in total. The summed E-state index contributed by atoms with van der Waals surface area (Å²) in [5.74, 6) is 0.329. The van der Waals surface area contributed by atoms with Crippen LogP contribution in [0.2, 0.25) is 0 Å². The Morgan fingerprint density at radius 2 is 1.89 bits per heavy atom. The van der Waals surface area contributed by atoms with E-state index in [2.05, 4.69) is 20.4 Å². The summed E-state index contributed by atoms with van der Waals surface area (Å²) in [6, 6.07) is 4.93. The summed E-state index contributed by atoms with van der Waals surface area (Å²) in [6.07, 6.45) is 1.72. The molecule has 0 unspecified atom stereocenters. The van der Waals surface area contributed by atoms with Crippen molar-refractivity contribution in [2.45, 2.75) is 13.8 Å². The van der Waals surface area contributed by atoms with Crippen molar-refractivity contribution in [1.82, 2.24) is 4.90 Å². The maximum atomic E-state index is 12.3. The molecule has 0 aliphatic rings. The van der Waals surface area contributed by atoms with Crippen molar-refractivity contribution in [2.24, 2.45) is 5.92 Å². The van der Waals surface area contributed by atoms with E-state index in [1.165, 1.54) is 0 Å². The second-order valence-corrected chi connectivity index (χ2v) is 4.78. The number of carbonyl (C=O) groups excluding carboxylic acids is 1. The number of rotatable bonds is 5. The zero-order valence-corrected chi connectivity index (χ0v) is 11.0. The van der Waals surface area contributed by atoms with Gasteiger partial charge in [-0.3, -0.25) is 4.79 Å². The van der Waals surface area contributed by atoms with E-state index in [4.69, 9.17) is 11.5 Å². The van der Waals surface area contributed by atoms with Gasteiger partial charge in [0.15, 0.2) is 0 Å². The van der Waals surface area contributed by atoms with E-state index in [-0.39, 0.29) is 5.91 Å². The van der Waals surface area contributed by atoms with Crippen LogP contribution < -0.4 is 11.5 Å². The molecule has 1 aromatic rings. The fourth-order valence-electron chi connectivity index (χ4n) is 1.82. The van der Waals surface area contributed by atoms with Crippen molar-refractivity contribution in [3.8, 4) is 0 Å². The molecule has 0 aromatic heterocycles. The number of anilines is 2.